The molecule has 1 aliphatic heterocycles. The Hall–Kier alpha value is -4.25. The second-order valence-corrected chi connectivity index (χ2v) is 7.53. The van der Waals surface area contributed by atoms with Crippen molar-refractivity contribution in [2.75, 3.05) is 13.1 Å². The number of carbonyl (C=O) groups excluding carboxylic acids is 2. The number of carboxylic acids is 1. The van der Waals surface area contributed by atoms with E-state index in [0.29, 0.717) is 29.4 Å². The number of benzene rings is 2. The van der Waals surface area contributed by atoms with Gasteiger partial charge in [-0.3, -0.25) is 14.6 Å². The van der Waals surface area contributed by atoms with E-state index >= 15 is 0 Å². The van der Waals surface area contributed by atoms with Gasteiger partial charge in [-0.05, 0) is 54.3 Å². The third-order valence-corrected chi connectivity index (χ3v) is 5.57. The Labute approximate surface area is 184 Å². The van der Waals surface area contributed by atoms with E-state index in [9.17, 15) is 14.4 Å². The molecule has 0 saturated carbocycles. The van der Waals surface area contributed by atoms with E-state index in [0.717, 1.165) is 17.5 Å². The topological polar surface area (TPSA) is 123 Å². The molecule has 0 bridgehead atoms. The Kier molecular flexibility index (Phi) is 5.81. The normalized spacial score (nSPS) is 15.3. The minimum atomic E-state index is -0.997. The van der Waals surface area contributed by atoms with E-state index < -0.39 is 17.9 Å². The van der Waals surface area contributed by atoms with Crippen molar-refractivity contribution in [3.05, 3.63) is 65.9 Å². The Morgan fingerprint density at radius 2 is 1.88 bits per heavy atom. The molecule has 160 valence electrons. The molecule has 3 aromatic rings. The average molecular weight is 428 g/mol. The molecule has 1 saturated heterocycles. The maximum absolute atomic E-state index is 12.9. The van der Waals surface area contributed by atoms with Gasteiger partial charge in [-0.2, -0.15) is 5.26 Å². The molecule has 0 radical (unpaired) electrons. The highest BCUT2D eigenvalue weighted by atomic mass is 16.4. The molecule has 8 heteroatoms. The molecule has 0 spiro atoms. The number of aromatic nitrogens is 1. The van der Waals surface area contributed by atoms with Gasteiger partial charge in [0.2, 0.25) is 5.91 Å². The summed E-state index contributed by atoms with van der Waals surface area (Å²) in [6, 6.07) is 15.2. The van der Waals surface area contributed by atoms with Gasteiger partial charge >= 0.3 is 5.97 Å². The number of likely N-dealkylation sites (tertiary alicyclic amines) is 1. The predicted molar refractivity (Wildman–Crippen MR) is 117 cm³/mol. The Morgan fingerprint density at radius 1 is 1.12 bits per heavy atom. The molecule has 2 aromatic carbocycles. The summed E-state index contributed by atoms with van der Waals surface area (Å²) in [6.07, 6.45) is 2.97. The molecule has 8 nitrogen and oxygen atoms in total. The standard InChI is InChI=1S/C24H20N4O4/c25-13-18-2-1-11-28(18)22(29)14-27-23(30)19-9-10-26-21-8-7-17(12-20(19)21)15-3-5-16(6-4-15)24(31)32/h3-10,12,18H,1-2,11,14H2,(H,27,30)(H,31,32)/t18-/m0/s1. The first-order chi connectivity index (χ1) is 15.5. The van der Waals surface area contributed by atoms with Crippen LogP contribution in [0.25, 0.3) is 22.0 Å². The molecule has 1 fully saturated rings. The van der Waals surface area contributed by atoms with Crippen LogP contribution in [0.2, 0.25) is 0 Å². The lowest BCUT2D eigenvalue weighted by atomic mass is 9.99. The van der Waals surface area contributed by atoms with Gasteiger partial charge in [0.1, 0.15) is 6.04 Å². The quantitative estimate of drug-likeness (QED) is 0.644. The zero-order valence-corrected chi connectivity index (χ0v) is 17.1. The number of pyridine rings is 1. The number of hydrogen-bond donors (Lipinski definition) is 2. The number of nitrogens with zero attached hydrogens (tertiary/aromatic N) is 3. The van der Waals surface area contributed by atoms with Crippen LogP contribution in [-0.4, -0.2) is 51.9 Å². The Bertz CT molecular complexity index is 1250. The number of carboxylic acid groups (broad SMARTS) is 1. The summed E-state index contributed by atoms with van der Waals surface area (Å²) in [5.74, 6) is -1.68. The summed E-state index contributed by atoms with van der Waals surface area (Å²) >= 11 is 0. The lowest BCUT2D eigenvalue weighted by Gasteiger charge is -2.19. The van der Waals surface area contributed by atoms with Crippen LogP contribution < -0.4 is 5.32 Å². The number of carbonyl (C=O) groups is 3. The first-order valence-electron chi connectivity index (χ1n) is 10.2. The van der Waals surface area contributed by atoms with Crippen molar-refractivity contribution in [3.63, 3.8) is 0 Å². The van der Waals surface area contributed by atoms with Gasteiger partial charge in [0.05, 0.1) is 29.3 Å². The molecule has 2 N–H and O–H groups in total. The summed E-state index contributed by atoms with van der Waals surface area (Å²) in [5.41, 5.74) is 2.81. The minimum Gasteiger partial charge on any atom is -0.478 e. The van der Waals surface area contributed by atoms with Crippen LogP contribution in [0.1, 0.15) is 33.6 Å². The van der Waals surface area contributed by atoms with Crippen molar-refractivity contribution in [2.24, 2.45) is 0 Å². The van der Waals surface area contributed by atoms with Gasteiger partial charge in [-0.1, -0.05) is 18.2 Å². The van der Waals surface area contributed by atoms with Crippen molar-refractivity contribution in [2.45, 2.75) is 18.9 Å². The third-order valence-electron chi connectivity index (χ3n) is 5.57. The van der Waals surface area contributed by atoms with Crippen molar-refractivity contribution in [1.29, 1.82) is 5.26 Å². The lowest BCUT2D eigenvalue weighted by Crippen LogP contribution is -2.42. The molecule has 2 amide bonds. The number of aromatic carboxylic acids is 1. The first kappa shape index (κ1) is 21.0. The molecule has 32 heavy (non-hydrogen) atoms. The molecule has 1 aliphatic rings. The van der Waals surface area contributed by atoms with Crippen LogP contribution in [0.3, 0.4) is 0 Å². The summed E-state index contributed by atoms with van der Waals surface area (Å²) in [7, 11) is 0. The molecule has 1 atom stereocenters. The van der Waals surface area contributed by atoms with Crippen LogP contribution in [0.15, 0.2) is 54.7 Å². The monoisotopic (exact) mass is 428 g/mol. The average Bonchev–Trinajstić information content (AvgIpc) is 3.30. The summed E-state index contributed by atoms with van der Waals surface area (Å²) < 4.78 is 0. The van der Waals surface area contributed by atoms with Crippen molar-refractivity contribution >= 4 is 28.7 Å². The fraction of sp³-hybridized carbons (Fsp3) is 0.208. The van der Waals surface area contributed by atoms with E-state index in [-0.39, 0.29) is 18.0 Å². The molecule has 0 unspecified atom stereocenters. The summed E-state index contributed by atoms with van der Waals surface area (Å²) in [5, 5.41) is 21.5. The van der Waals surface area contributed by atoms with E-state index in [1.165, 1.54) is 23.2 Å². The van der Waals surface area contributed by atoms with Crippen molar-refractivity contribution in [3.8, 4) is 17.2 Å². The molecule has 0 aliphatic carbocycles. The third kappa shape index (κ3) is 4.14. The van der Waals surface area contributed by atoms with E-state index in [1.54, 1.807) is 24.3 Å². The summed E-state index contributed by atoms with van der Waals surface area (Å²) in [6.45, 7) is 0.340. The highest BCUT2D eigenvalue weighted by Crippen LogP contribution is 2.26. The van der Waals surface area contributed by atoms with E-state index in [2.05, 4.69) is 16.4 Å². The van der Waals surface area contributed by atoms with Gasteiger partial charge in [-0.15, -0.1) is 0 Å². The Morgan fingerprint density at radius 3 is 2.59 bits per heavy atom. The van der Waals surface area contributed by atoms with Gasteiger partial charge in [0.25, 0.3) is 5.91 Å². The van der Waals surface area contributed by atoms with Crippen LogP contribution in [0.5, 0.6) is 0 Å². The molecular formula is C24H20N4O4. The Balaban J connectivity index is 1.56. The molecule has 4 rings (SSSR count). The van der Waals surface area contributed by atoms with Crippen molar-refractivity contribution < 1.29 is 19.5 Å². The predicted octanol–water partition coefficient (Wildman–Crippen LogP) is 2.84. The second kappa shape index (κ2) is 8.86. The van der Waals surface area contributed by atoms with Gasteiger partial charge in [0.15, 0.2) is 0 Å². The zero-order chi connectivity index (χ0) is 22.7. The van der Waals surface area contributed by atoms with Gasteiger partial charge in [-0.25, -0.2) is 4.79 Å². The SMILES string of the molecule is N#C[C@@H]1CCCN1C(=O)CNC(=O)c1ccnc2ccc(-c3ccc(C(=O)O)cc3)cc12. The number of hydrogen-bond acceptors (Lipinski definition) is 5. The highest BCUT2D eigenvalue weighted by molar-refractivity contribution is 6.07. The van der Waals surface area contributed by atoms with Crippen molar-refractivity contribution in [1.82, 2.24) is 15.2 Å². The van der Waals surface area contributed by atoms with Gasteiger partial charge < -0.3 is 15.3 Å². The molecule has 2 heterocycles. The number of nitrogens with one attached hydrogen (secondary N) is 1. The number of rotatable bonds is 5. The van der Waals surface area contributed by atoms with Crippen LogP contribution in [0, 0.1) is 11.3 Å². The molecular weight excluding hydrogens is 408 g/mol. The maximum atomic E-state index is 12.9. The highest BCUT2D eigenvalue weighted by Gasteiger charge is 2.28. The first-order valence-corrected chi connectivity index (χ1v) is 10.2. The van der Waals surface area contributed by atoms with E-state index in [1.807, 2.05) is 12.1 Å². The smallest absolute Gasteiger partial charge is 0.335 e. The number of nitriles is 1. The van der Waals surface area contributed by atoms with Crippen LogP contribution in [-0.2, 0) is 4.79 Å². The van der Waals surface area contributed by atoms with Crippen LogP contribution >= 0.6 is 0 Å². The molecule has 1 aromatic heterocycles. The lowest BCUT2D eigenvalue weighted by molar-refractivity contribution is -0.130. The zero-order valence-electron chi connectivity index (χ0n) is 17.1. The van der Waals surface area contributed by atoms with Crippen LogP contribution in [0.4, 0.5) is 0 Å². The number of fused-ring (bicyclic) bond motifs is 1. The fourth-order valence-electron chi connectivity index (χ4n) is 3.88. The second-order valence-electron chi connectivity index (χ2n) is 7.53. The fourth-order valence-corrected chi connectivity index (χ4v) is 3.88. The van der Waals surface area contributed by atoms with E-state index in [4.69, 9.17) is 10.4 Å². The number of amides is 2. The summed E-state index contributed by atoms with van der Waals surface area (Å²) in [4.78, 5) is 42.2. The van der Waals surface area contributed by atoms with Gasteiger partial charge in [0, 0.05) is 18.1 Å². The minimum absolute atomic E-state index is 0.183. The largest absolute Gasteiger partial charge is 0.478 e. The maximum Gasteiger partial charge on any atom is 0.335 e.